The van der Waals surface area contributed by atoms with E-state index in [1.165, 1.54) is 16.7 Å². The number of hydrogen-bond donors (Lipinski definition) is 1. The quantitative estimate of drug-likeness (QED) is 0.172. The number of nitrogens with one attached hydrogen (secondary N) is 1. The average Bonchev–Trinajstić information content (AvgIpc) is 1.43. The first-order valence-electron chi connectivity index (χ1n) is 30.2. The van der Waals surface area contributed by atoms with E-state index in [0.29, 0.717) is 0 Å². The summed E-state index contributed by atoms with van der Waals surface area (Å²) >= 11 is 0. The molecule has 30 aromatic rings. The number of fused-ring (bicyclic) bond motifs is 1. The summed E-state index contributed by atoms with van der Waals surface area (Å²) in [5.41, 5.74) is 11.9. The lowest BCUT2D eigenvalue weighted by atomic mass is 9.43. The van der Waals surface area contributed by atoms with Crippen LogP contribution in [0.5, 0.6) is 0 Å². The van der Waals surface area contributed by atoms with Crippen molar-refractivity contribution in [3.8, 4) is 0 Å². The van der Waals surface area contributed by atoms with Gasteiger partial charge in [0.25, 0.3) is 5.91 Å². The van der Waals surface area contributed by atoms with Crippen LogP contribution in [0.2, 0.25) is 0 Å². The third-order valence-electron chi connectivity index (χ3n) is 28.1. The molecule has 1 N–H and O–H groups in total. The van der Waals surface area contributed by atoms with E-state index in [1.54, 1.807) is 313 Å². The van der Waals surface area contributed by atoms with Gasteiger partial charge in [-0.3, -0.25) is 4.79 Å². The number of carbonyl (C=O) groups is 1. The van der Waals surface area contributed by atoms with E-state index in [2.05, 4.69) is 68.6 Å². The molecule has 0 unspecified atom stereocenters. The maximum Gasteiger partial charge on any atom is 0.255 e. The Bertz CT molecular complexity index is 7880. The molecule has 2 heteroatoms. The molecule has 0 atom stereocenters. The zero-order chi connectivity index (χ0) is 49.5. The van der Waals surface area contributed by atoms with E-state index in [9.17, 15) is 4.79 Å². The van der Waals surface area contributed by atoms with Crippen LogP contribution < -0.4 is 5.32 Å². The Kier molecular flexibility index (Phi) is 3.06. The predicted molar refractivity (Wildman–Crippen MR) is 341 cm³/mol. The van der Waals surface area contributed by atoms with Crippen LogP contribution in [0.1, 0.15) is 70.1 Å². The van der Waals surface area contributed by atoms with Crippen molar-refractivity contribution in [2.24, 2.45) is 0 Å². The number of hydrogen-bond acceptors (Lipinski definition) is 1. The Hall–Kier alpha value is -9.63. The van der Waals surface area contributed by atoms with Crippen molar-refractivity contribution in [1.29, 1.82) is 0 Å². The number of carbonyl (C=O) groups excluding carboxylic acids is 1. The topological polar surface area (TPSA) is 29.1 Å². The molecule has 0 radical (unpaired) electrons. The van der Waals surface area contributed by atoms with Crippen molar-refractivity contribution in [1.82, 2.24) is 0 Å². The van der Waals surface area contributed by atoms with Gasteiger partial charge in [-0.25, -0.2) is 0 Å². The second-order valence-electron chi connectivity index (χ2n) is 30.2. The summed E-state index contributed by atoms with van der Waals surface area (Å²) in [6, 6.07) is 15.6. The van der Waals surface area contributed by atoms with E-state index in [-0.39, 0.29) is 22.2 Å². The van der Waals surface area contributed by atoms with E-state index in [0.717, 1.165) is 24.1 Å². The van der Waals surface area contributed by atoms with Crippen LogP contribution >= 0.6 is 0 Å². The molecule has 35 rings (SSSR count). The van der Waals surface area contributed by atoms with Gasteiger partial charge in [-0.15, -0.1) is 0 Å². The summed E-state index contributed by atoms with van der Waals surface area (Å²) in [6.07, 6.45) is 1.85. The largest absolute Gasteiger partial charge is 0.322 e. The van der Waals surface area contributed by atoms with Crippen LogP contribution in [0.3, 0.4) is 0 Å². The Morgan fingerprint density at radius 3 is 0.753 bits per heavy atom. The summed E-state index contributed by atoms with van der Waals surface area (Å²) in [7, 11) is 0. The first kappa shape index (κ1) is 32.4. The first-order valence-corrected chi connectivity index (χ1v) is 30.2. The summed E-state index contributed by atoms with van der Waals surface area (Å²) in [4.78, 5) is 14.9. The van der Waals surface area contributed by atoms with Gasteiger partial charge in [0, 0.05) is 22.1 Å². The summed E-state index contributed by atoms with van der Waals surface area (Å²) in [6.45, 7) is 6.76. The highest BCUT2D eigenvalue weighted by atomic mass is 16.1. The summed E-state index contributed by atoms with van der Waals surface area (Å²) in [5.74, 6) is -0.0140. The smallest absolute Gasteiger partial charge is 0.255 e. The zero-order valence-electron chi connectivity index (χ0n) is 42.9. The van der Waals surface area contributed by atoms with Crippen molar-refractivity contribution in [3.63, 3.8) is 0 Å². The molecule has 2 spiro atoms. The van der Waals surface area contributed by atoms with Crippen LogP contribution in [0.15, 0.2) is 42.5 Å². The lowest BCUT2D eigenvalue weighted by molar-refractivity contribution is 0.102. The fourth-order valence-corrected chi connectivity index (χ4v) is 27.1. The predicted octanol–water partition coefficient (Wildman–Crippen LogP) is 20.6. The molecule has 0 aliphatic heterocycles. The fraction of sp³-hybridized carbons (Fsp3) is 0.101. The van der Waals surface area contributed by atoms with Gasteiger partial charge in [0.1, 0.15) is 0 Å². The Morgan fingerprint density at radius 2 is 0.519 bits per heavy atom. The van der Waals surface area contributed by atoms with Gasteiger partial charge in [0.05, 0.1) is 0 Å². The molecule has 0 fully saturated rings. The molecule has 0 aromatic heterocycles. The second-order valence-corrected chi connectivity index (χ2v) is 30.2. The Morgan fingerprint density at radius 1 is 0.296 bits per heavy atom. The molecule has 1 amide bonds. The fourth-order valence-electron chi connectivity index (χ4n) is 27.1. The highest BCUT2D eigenvalue weighted by Gasteiger charge is 2.70. The normalized spacial score (nSPS) is 21.1. The van der Waals surface area contributed by atoms with E-state index < -0.39 is 0 Å². The number of benzene rings is 20. The lowest BCUT2D eigenvalue weighted by Crippen LogP contribution is -2.56. The van der Waals surface area contributed by atoms with Gasteiger partial charge in [-0.2, -0.15) is 0 Å². The molecule has 0 heterocycles. The molecule has 2 nitrogen and oxygen atoms in total. The molecule has 0 saturated heterocycles. The second kappa shape index (κ2) is 7.65. The van der Waals surface area contributed by atoms with Gasteiger partial charge < -0.3 is 5.32 Å². The molecule has 0 bridgehead atoms. The standard InChI is InChI=1S/C79H21NO/c1-77(2,3)16-6-8-17(9-7-16)80-76(81)13-4-5-14-11-78-72-64-56-46-36-28-20-18-19-22-26-24(20)32-40-34(26)44-38-30(22)31-23(19)27-25-21(18)29(28)37-43-33(25)41-35(27)45-39(31)49-48(38)58-52(44)62-54(40)60(50(56)42(32)36)68(72)70(62)74-66(58)67-59(49)53(45)63-55(41)61-51(43)57(47(37)46)65(64)73(78)69(61)71(63)75(67)79(74,78)12-15(14)10-13/h4-10H,11-12H2,1-3H3,(H,80,81). The highest BCUT2D eigenvalue weighted by Crippen LogP contribution is 2.85. The van der Waals surface area contributed by atoms with Crippen molar-refractivity contribution in [2.45, 2.75) is 49.9 Å². The van der Waals surface area contributed by atoms with Gasteiger partial charge in [0.15, 0.2) is 0 Å². The van der Waals surface area contributed by atoms with Crippen LogP contribution in [0, 0.1) is 0 Å². The molecule has 81 heavy (non-hydrogen) atoms. The minimum absolute atomic E-state index is 0.0140. The molecule has 348 valence electrons. The maximum absolute atomic E-state index is 14.9. The van der Waals surface area contributed by atoms with Gasteiger partial charge in [-0.1, -0.05) is 39.0 Å². The number of amides is 1. The molecule has 30 aromatic carbocycles. The summed E-state index contributed by atoms with van der Waals surface area (Å²) in [5, 5.41) is 91.9. The van der Waals surface area contributed by atoms with Gasteiger partial charge >= 0.3 is 0 Å². The van der Waals surface area contributed by atoms with Gasteiger partial charge in [-0.05, 0) is 372 Å². The van der Waals surface area contributed by atoms with Crippen LogP contribution in [0.25, 0.3) is 291 Å². The minimum atomic E-state index is -0.372. The number of anilines is 1. The van der Waals surface area contributed by atoms with Crippen LogP contribution in [-0.2, 0) is 29.1 Å². The number of rotatable bonds is 2. The van der Waals surface area contributed by atoms with Crippen LogP contribution in [0.4, 0.5) is 5.69 Å². The monoisotopic (exact) mass is 999 g/mol. The maximum atomic E-state index is 14.9. The molecular weight excluding hydrogens is 979 g/mol. The molecule has 5 aliphatic rings. The van der Waals surface area contributed by atoms with E-state index >= 15 is 0 Å². The highest BCUT2D eigenvalue weighted by molar-refractivity contribution is 6.82. The third-order valence-corrected chi connectivity index (χ3v) is 28.1. The van der Waals surface area contributed by atoms with Crippen molar-refractivity contribution in [2.75, 3.05) is 5.32 Å². The zero-order valence-corrected chi connectivity index (χ0v) is 42.9. The Balaban J connectivity index is 0.925. The SMILES string of the molecule is CC(C)(C)c1ccc(NC(=O)c2ccc3c(c2)CC24c5c6c7c8c9c%10c(c%11c%12c2c2c5c5c%13c6c6c7c7c9c9c%14c%10c%10c%11c%11c%12c%12c2c2c5c5c%13c%13c6c6c7c9c7c9c%14c%10c%10c%11c%11c%12c2c2c5c5c%13c6c7c6c9c%10c%11c2c56)C84C3)cc1. The van der Waals surface area contributed by atoms with Crippen LogP contribution in [-0.4, -0.2) is 5.91 Å². The molecular formula is C79H21NO. The lowest BCUT2D eigenvalue weighted by Gasteiger charge is -2.57. The first-order chi connectivity index (χ1) is 39.9. The molecule has 5 aliphatic carbocycles. The third kappa shape index (κ3) is 1.95. The minimum Gasteiger partial charge on any atom is -0.322 e. The average molecular weight is 1000 g/mol. The van der Waals surface area contributed by atoms with Gasteiger partial charge in [0.2, 0.25) is 0 Å². The van der Waals surface area contributed by atoms with Crippen molar-refractivity contribution in [3.05, 3.63) is 87.0 Å². The Labute approximate surface area is 446 Å². The molecule has 0 saturated carbocycles. The summed E-state index contributed by atoms with van der Waals surface area (Å²) < 4.78 is 0. The van der Waals surface area contributed by atoms with E-state index in [4.69, 9.17) is 0 Å². The van der Waals surface area contributed by atoms with Crippen molar-refractivity contribution >= 4 is 302 Å². The van der Waals surface area contributed by atoms with Crippen molar-refractivity contribution < 1.29 is 4.79 Å². The van der Waals surface area contributed by atoms with E-state index in [1.807, 2.05) is 0 Å².